The average molecular weight is 341 g/mol. The molecule has 1 amide bonds. The first kappa shape index (κ1) is 17.4. The van der Waals surface area contributed by atoms with Gasteiger partial charge in [-0.2, -0.15) is 0 Å². The summed E-state index contributed by atoms with van der Waals surface area (Å²) in [5.74, 6) is -2.07. The molecule has 0 fully saturated rings. The third-order valence-electron chi connectivity index (χ3n) is 3.36. The molecule has 0 aromatic carbocycles. The van der Waals surface area contributed by atoms with Crippen molar-refractivity contribution in [3.05, 3.63) is 16.0 Å². The number of carboxylic acids is 1. The highest BCUT2D eigenvalue weighted by Crippen LogP contribution is 2.38. The van der Waals surface area contributed by atoms with E-state index in [0.29, 0.717) is 10.6 Å². The number of ether oxygens (including phenoxy) is 2. The molecule has 0 saturated heterocycles. The number of esters is 1. The number of amides is 1. The third-order valence-corrected chi connectivity index (χ3v) is 4.57. The lowest BCUT2D eigenvalue weighted by Crippen LogP contribution is -2.21. The van der Waals surface area contributed by atoms with E-state index in [1.807, 2.05) is 0 Å². The van der Waals surface area contributed by atoms with Crippen molar-refractivity contribution in [2.45, 2.75) is 32.6 Å². The quantitative estimate of drug-likeness (QED) is 0.734. The first-order valence-electron chi connectivity index (χ1n) is 7.44. The lowest BCUT2D eigenvalue weighted by Gasteiger charge is -2.12. The zero-order valence-corrected chi connectivity index (χ0v) is 13.7. The van der Waals surface area contributed by atoms with Crippen LogP contribution in [-0.4, -0.2) is 42.8 Å². The third kappa shape index (κ3) is 4.52. The molecule has 23 heavy (non-hydrogen) atoms. The second-order valence-corrected chi connectivity index (χ2v) is 6.18. The molecule has 0 unspecified atom stereocenters. The van der Waals surface area contributed by atoms with Crippen molar-refractivity contribution in [1.82, 2.24) is 0 Å². The van der Waals surface area contributed by atoms with Gasteiger partial charge in [-0.1, -0.05) is 0 Å². The number of carbonyl (C=O) groups is 3. The van der Waals surface area contributed by atoms with E-state index in [-0.39, 0.29) is 13.2 Å². The number of hydrogen-bond acceptors (Lipinski definition) is 6. The number of aliphatic carboxylic acids is 1. The number of carboxylic acid groups (broad SMARTS) is 1. The number of hydrogen-bond donors (Lipinski definition) is 2. The van der Waals surface area contributed by atoms with Gasteiger partial charge in [0.1, 0.15) is 18.2 Å². The predicted molar refractivity (Wildman–Crippen MR) is 84.0 cm³/mol. The summed E-state index contributed by atoms with van der Waals surface area (Å²) in [6.07, 6.45) is 3.75. The summed E-state index contributed by atoms with van der Waals surface area (Å²) in [4.78, 5) is 35.5. The minimum Gasteiger partial charge on any atom is -0.480 e. The Kier molecular flexibility index (Phi) is 6.12. The van der Waals surface area contributed by atoms with E-state index in [9.17, 15) is 14.4 Å². The van der Waals surface area contributed by atoms with Crippen molar-refractivity contribution >= 4 is 34.2 Å². The molecular weight excluding hydrogens is 322 g/mol. The molecule has 0 spiro atoms. The zero-order chi connectivity index (χ0) is 16.8. The molecule has 7 nitrogen and oxygen atoms in total. The fourth-order valence-corrected chi connectivity index (χ4v) is 3.76. The van der Waals surface area contributed by atoms with Crippen LogP contribution >= 0.6 is 11.3 Å². The van der Waals surface area contributed by atoms with Crippen molar-refractivity contribution in [3.63, 3.8) is 0 Å². The first-order chi connectivity index (χ1) is 11.0. The number of nitrogens with one attached hydrogen (secondary N) is 1. The van der Waals surface area contributed by atoms with Crippen molar-refractivity contribution in [3.8, 4) is 0 Å². The molecule has 8 heteroatoms. The largest absolute Gasteiger partial charge is 0.480 e. The van der Waals surface area contributed by atoms with E-state index in [0.717, 1.165) is 36.1 Å². The number of anilines is 1. The Labute approximate surface area is 137 Å². The molecule has 1 aliphatic carbocycles. The van der Waals surface area contributed by atoms with Crippen LogP contribution in [0.4, 0.5) is 5.00 Å². The van der Waals surface area contributed by atoms with Crippen LogP contribution in [0.1, 0.15) is 40.6 Å². The molecule has 2 N–H and O–H groups in total. The molecule has 2 rings (SSSR count). The Morgan fingerprint density at radius 3 is 2.65 bits per heavy atom. The monoisotopic (exact) mass is 341 g/mol. The van der Waals surface area contributed by atoms with Gasteiger partial charge in [0.05, 0.1) is 12.2 Å². The summed E-state index contributed by atoms with van der Waals surface area (Å²) in [5, 5.41) is 11.6. The Hall–Kier alpha value is -1.93. The molecule has 0 radical (unpaired) electrons. The van der Waals surface area contributed by atoms with Crippen molar-refractivity contribution in [2.75, 3.05) is 25.1 Å². The highest BCUT2D eigenvalue weighted by Gasteiger charge is 2.27. The van der Waals surface area contributed by atoms with Gasteiger partial charge in [-0.15, -0.1) is 11.3 Å². The normalized spacial score (nSPS) is 13.3. The summed E-state index contributed by atoms with van der Waals surface area (Å²) in [5.41, 5.74) is 1.39. The van der Waals surface area contributed by atoms with E-state index in [1.165, 1.54) is 11.3 Å². The molecule has 0 atom stereocenters. The summed E-state index contributed by atoms with van der Waals surface area (Å²) in [7, 11) is 0. The van der Waals surface area contributed by atoms with Crippen LogP contribution < -0.4 is 5.32 Å². The minimum absolute atomic E-state index is 0.262. The molecule has 1 heterocycles. The van der Waals surface area contributed by atoms with Gasteiger partial charge in [-0.05, 0) is 38.2 Å². The number of fused-ring (bicyclic) bond motifs is 1. The van der Waals surface area contributed by atoms with Gasteiger partial charge >= 0.3 is 11.9 Å². The van der Waals surface area contributed by atoms with Gasteiger partial charge in [0.15, 0.2) is 0 Å². The maximum Gasteiger partial charge on any atom is 0.341 e. The Balaban J connectivity index is 2.13. The lowest BCUT2D eigenvalue weighted by molar-refractivity contribution is -0.143. The second-order valence-electron chi connectivity index (χ2n) is 5.07. The van der Waals surface area contributed by atoms with Crippen LogP contribution in [-0.2, 0) is 31.9 Å². The molecule has 0 bridgehead atoms. The standard InChI is InChI=1S/C15H19NO6S/c1-2-22-15(20)13-9-5-3-4-6-10(9)23-14(13)16-11(17)7-21-8-12(18)19/h2-8H2,1H3,(H,16,17)(H,18,19). The number of rotatable bonds is 7. The zero-order valence-electron chi connectivity index (χ0n) is 12.8. The maximum atomic E-state index is 12.2. The fourth-order valence-electron chi connectivity index (χ4n) is 2.47. The Morgan fingerprint density at radius 1 is 1.22 bits per heavy atom. The number of thiophene rings is 1. The van der Waals surface area contributed by atoms with E-state index >= 15 is 0 Å². The van der Waals surface area contributed by atoms with Crippen molar-refractivity contribution in [2.24, 2.45) is 0 Å². The maximum absolute atomic E-state index is 12.2. The van der Waals surface area contributed by atoms with E-state index in [2.05, 4.69) is 5.32 Å². The Bertz CT molecular complexity index is 609. The lowest BCUT2D eigenvalue weighted by atomic mass is 9.95. The van der Waals surface area contributed by atoms with E-state index in [1.54, 1.807) is 6.92 Å². The summed E-state index contributed by atoms with van der Waals surface area (Å²) in [6.45, 7) is 1.07. The van der Waals surface area contributed by atoms with Gasteiger partial charge in [-0.25, -0.2) is 9.59 Å². The van der Waals surface area contributed by atoms with Gasteiger partial charge < -0.3 is 19.9 Å². The molecular formula is C15H19NO6S. The van der Waals surface area contributed by atoms with Crippen LogP contribution in [0.15, 0.2) is 0 Å². The first-order valence-corrected chi connectivity index (χ1v) is 8.25. The molecule has 126 valence electrons. The molecule has 1 aromatic rings. The molecule has 1 aliphatic rings. The fraction of sp³-hybridized carbons (Fsp3) is 0.533. The number of aryl methyl sites for hydroxylation is 1. The topological polar surface area (TPSA) is 102 Å². The van der Waals surface area contributed by atoms with Gasteiger partial charge in [0.2, 0.25) is 0 Å². The summed E-state index contributed by atoms with van der Waals surface area (Å²) >= 11 is 1.38. The van der Waals surface area contributed by atoms with Crippen molar-refractivity contribution < 1.29 is 29.0 Å². The van der Waals surface area contributed by atoms with E-state index < -0.39 is 24.5 Å². The Morgan fingerprint density at radius 2 is 1.96 bits per heavy atom. The average Bonchev–Trinajstić information content (AvgIpc) is 2.84. The van der Waals surface area contributed by atoms with Crippen LogP contribution in [0.5, 0.6) is 0 Å². The minimum atomic E-state index is -1.14. The SMILES string of the molecule is CCOC(=O)c1c(NC(=O)COCC(=O)O)sc2c1CCCC2. The predicted octanol–water partition coefficient (Wildman–Crippen LogP) is 1.84. The highest BCUT2D eigenvalue weighted by molar-refractivity contribution is 7.17. The van der Waals surface area contributed by atoms with Crippen LogP contribution in [0, 0.1) is 0 Å². The second kappa shape index (κ2) is 8.07. The van der Waals surface area contributed by atoms with Gasteiger partial charge in [0, 0.05) is 4.88 Å². The van der Waals surface area contributed by atoms with E-state index in [4.69, 9.17) is 14.6 Å². The molecule has 0 saturated carbocycles. The van der Waals surface area contributed by atoms with Crippen LogP contribution in [0.2, 0.25) is 0 Å². The van der Waals surface area contributed by atoms with Gasteiger partial charge in [0.25, 0.3) is 5.91 Å². The highest BCUT2D eigenvalue weighted by atomic mass is 32.1. The van der Waals surface area contributed by atoms with Crippen LogP contribution in [0.3, 0.4) is 0 Å². The smallest absolute Gasteiger partial charge is 0.341 e. The molecule has 1 aromatic heterocycles. The van der Waals surface area contributed by atoms with Gasteiger partial charge in [-0.3, -0.25) is 4.79 Å². The molecule has 0 aliphatic heterocycles. The van der Waals surface area contributed by atoms with Crippen molar-refractivity contribution in [1.29, 1.82) is 0 Å². The summed E-state index contributed by atoms with van der Waals surface area (Å²) < 4.78 is 9.85. The van der Waals surface area contributed by atoms with Crippen LogP contribution in [0.25, 0.3) is 0 Å². The summed E-state index contributed by atoms with van der Waals surface area (Å²) in [6, 6.07) is 0. The number of carbonyl (C=O) groups excluding carboxylic acids is 2.